The standard InChI is InChI=1S/C47H77NO6S/c1-6-8-9-10-11-12-13-14-15-16-17-18-19-24-32-55-43-35-41(48-54-46(3,4)5)39-33-36(25-20-22-29-49)38(26-21-23-30-50)44-40-34-37(51)27-28-42(40)53-47(43,45(39)44)52-31-7-2/h7,27-28,33-34,36,38,43-45,49-51H,2,6,8-26,29-32,35H2,1,3-5H3/t36-,38+,43-,44+,45+,47+/m0/s1. The molecule has 1 aliphatic heterocycles. The van der Waals surface area contributed by atoms with Crippen LogP contribution in [0.4, 0.5) is 0 Å². The van der Waals surface area contributed by atoms with Gasteiger partial charge in [-0.25, -0.2) is 0 Å². The van der Waals surface area contributed by atoms with E-state index in [0.29, 0.717) is 13.0 Å². The number of aromatic hydroxyl groups is 1. The van der Waals surface area contributed by atoms with Crippen LogP contribution in [0, 0.1) is 17.8 Å². The summed E-state index contributed by atoms with van der Waals surface area (Å²) < 4.78 is 14.2. The van der Waals surface area contributed by atoms with E-state index in [1.807, 2.05) is 50.7 Å². The SMILES string of the molecule is C=CCO[C@@]12Oc3ccc(O)cc3[C@H]3[C@H](CCCCO)[C@@H](CCCCO)C=C(C(=NOC(C)(C)C)C[C@@H]1SCCCCCCCCCCCCCCCC)[C@H]32. The van der Waals surface area contributed by atoms with Crippen LogP contribution < -0.4 is 4.74 Å². The number of aliphatic hydroxyl groups is 2. The Hall–Kier alpha value is -2.00. The molecule has 1 aromatic carbocycles. The first kappa shape index (κ1) is 45.7. The highest BCUT2D eigenvalue weighted by atomic mass is 32.2. The number of thioether (sulfide) groups is 1. The molecule has 7 nitrogen and oxygen atoms in total. The third kappa shape index (κ3) is 13.5. The average Bonchev–Trinajstić information content (AvgIpc) is 3.16. The molecule has 2 aliphatic carbocycles. The van der Waals surface area contributed by atoms with Crippen molar-refractivity contribution in [1.82, 2.24) is 0 Å². The van der Waals surface area contributed by atoms with Gasteiger partial charge in [0, 0.05) is 31.1 Å². The van der Waals surface area contributed by atoms with Gasteiger partial charge in [-0.1, -0.05) is 121 Å². The van der Waals surface area contributed by atoms with Gasteiger partial charge in [0.25, 0.3) is 0 Å². The van der Waals surface area contributed by atoms with Crippen molar-refractivity contribution in [2.24, 2.45) is 22.9 Å². The Kier molecular flexibility index (Phi) is 20.0. The number of hydrogen-bond donors (Lipinski definition) is 3. The van der Waals surface area contributed by atoms with E-state index < -0.39 is 11.4 Å². The van der Waals surface area contributed by atoms with Crippen LogP contribution >= 0.6 is 11.8 Å². The number of allylic oxidation sites excluding steroid dienone is 1. The summed E-state index contributed by atoms with van der Waals surface area (Å²) in [6.45, 7) is 13.1. The number of benzene rings is 1. The van der Waals surface area contributed by atoms with Gasteiger partial charge in [-0.15, -0.1) is 6.58 Å². The van der Waals surface area contributed by atoms with Gasteiger partial charge in [-0.3, -0.25) is 0 Å². The molecule has 55 heavy (non-hydrogen) atoms. The van der Waals surface area contributed by atoms with Gasteiger partial charge < -0.3 is 29.6 Å². The largest absolute Gasteiger partial charge is 0.508 e. The molecule has 0 radical (unpaired) electrons. The van der Waals surface area contributed by atoms with Crippen molar-refractivity contribution in [1.29, 1.82) is 0 Å². The number of aliphatic hydroxyl groups excluding tert-OH is 2. The van der Waals surface area contributed by atoms with Gasteiger partial charge in [0.2, 0.25) is 5.79 Å². The minimum atomic E-state index is -0.957. The zero-order valence-electron chi connectivity index (χ0n) is 35.1. The molecule has 0 amide bonds. The average molecular weight is 784 g/mol. The lowest BCUT2D eigenvalue weighted by molar-refractivity contribution is -0.223. The van der Waals surface area contributed by atoms with Crippen LogP contribution in [0.15, 0.2) is 47.7 Å². The van der Waals surface area contributed by atoms with Crippen molar-refractivity contribution in [3.8, 4) is 11.5 Å². The molecule has 1 saturated carbocycles. The zero-order valence-corrected chi connectivity index (χ0v) is 35.9. The zero-order chi connectivity index (χ0) is 39.5. The predicted molar refractivity (Wildman–Crippen MR) is 230 cm³/mol. The molecule has 1 aromatic rings. The van der Waals surface area contributed by atoms with Gasteiger partial charge in [-0.05, 0) is 94.2 Å². The van der Waals surface area contributed by atoms with E-state index in [1.54, 1.807) is 6.07 Å². The summed E-state index contributed by atoms with van der Waals surface area (Å²) in [5.41, 5.74) is 2.67. The molecule has 1 heterocycles. The number of rotatable bonds is 28. The van der Waals surface area contributed by atoms with Gasteiger partial charge in [0.1, 0.15) is 17.1 Å². The molecule has 0 bridgehead atoms. The molecular formula is C47H77NO6S. The maximum atomic E-state index is 10.9. The highest BCUT2D eigenvalue weighted by Gasteiger charge is 2.64. The fourth-order valence-corrected chi connectivity index (χ4v) is 10.6. The highest BCUT2D eigenvalue weighted by Crippen LogP contribution is 2.62. The quantitative estimate of drug-likeness (QED) is 0.0442. The van der Waals surface area contributed by atoms with Crippen LogP contribution in [-0.4, -0.2) is 63.2 Å². The summed E-state index contributed by atoms with van der Waals surface area (Å²) >= 11 is 1.95. The maximum absolute atomic E-state index is 10.9. The number of oxime groups is 1. The van der Waals surface area contributed by atoms with E-state index in [2.05, 4.69) is 19.6 Å². The molecule has 0 unspecified atom stereocenters. The van der Waals surface area contributed by atoms with Crippen molar-refractivity contribution in [3.05, 3.63) is 48.1 Å². The molecule has 3 N–H and O–H groups in total. The molecule has 3 aliphatic rings. The fourth-order valence-electron chi connectivity index (χ4n) is 9.20. The molecule has 6 atom stereocenters. The molecule has 8 heteroatoms. The number of phenolic OH excluding ortho intramolecular Hbond substituents is 1. The van der Waals surface area contributed by atoms with E-state index in [4.69, 9.17) is 19.5 Å². The molecule has 312 valence electrons. The van der Waals surface area contributed by atoms with Crippen molar-refractivity contribution in [3.63, 3.8) is 0 Å². The maximum Gasteiger partial charge on any atom is 0.230 e. The lowest BCUT2D eigenvalue weighted by atomic mass is 9.56. The fraction of sp³-hybridized carbons (Fsp3) is 0.766. The Morgan fingerprint density at radius 3 is 2.09 bits per heavy atom. The van der Waals surface area contributed by atoms with E-state index in [1.165, 1.54) is 83.5 Å². The first-order valence-corrected chi connectivity index (χ1v) is 23.3. The second kappa shape index (κ2) is 24.0. The highest BCUT2D eigenvalue weighted by molar-refractivity contribution is 8.00. The summed E-state index contributed by atoms with van der Waals surface area (Å²) in [7, 11) is 0. The van der Waals surface area contributed by atoms with Gasteiger partial charge >= 0.3 is 0 Å². The van der Waals surface area contributed by atoms with Gasteiger partial charge in [-0.2, -0.15) is 11.8 Å². The summed E-state index contributed by atoms with van der Waals surface area (Å²) in [5, 5.41) is 35.3. The molecule has 1 fully saturated rings. The summed E-state index contributed by atoms with van der Waals surface area (Å²) in [4.78, 5) is 6.20. The summed E-state index contributed by atoms with van der Waals surface area (Å²) in [6, 6.07) is 5.55. The van der Waals surface area contributed by atoms with Crippen molar-refractivity contribution >= 4 is 17.5 Å². The van der Waals surface area contributed by atoms with Crippen molar-refractivity contribution < 1.29 is 29.6 Å². The summed E-state index contributed by atoms with van der Waals surface area (Å²) in [5.74, 6) is 1.36. The number of fused-ring (bicyclic) bond motifs is 2. The second-order valence-electron chi connectivity index (χ2n) is 17.4. The van der Waals surface area contributed by atoms with Gasteiger partial charge in [0.15, 0.2) is 0 Å². The third-order valence-corrected chi connectivity index (χ3v) is 13.3. The Morgan fingerprint density at radius 2 is 1.49 bits per heavy atom. The number of phenols is 1. The monoisotopic (exact) mass is 784 g/mol. The number of ether oxygens (including phenoxy) is 2. The number of hydrogen-bond acceptors (Lipinski definition) is 8. The Bertz CT molecular complexity index is 1320. The van der Waals surface area contributed by atoms with Gasteiger partial charge in [0.05, 0.1) is 23.5 Å². The van der Waals surface area contributed by atoms with Crippen LogP contribution in [0.5, 0.6) is 11.5 Å². The van der Waals surface area contributed by atoms with E-state index >= 15 is 0 Å². The molecule has 0 aromatic heterocycles. The lowest BCUT2D eigenvalue weighted by Crippen LogP contribution is -2.64. The predicted octanol–water partition coefficient (Wildman–Crippen LogP) is 12.0. The Labute approximate surface area is 339 Å². The number of unbranched alkanes of at least 4 members (excludes halogenated alkanes) is 15. The van der Waals surface area contributed by atoms with Crippen LogP contribution in [0.1, 0.15) is 174 Å². The number of nitrogens with zero attached hydrogens (tertiary/aromatic N) is 1. The van der Waals surface area contributed by atoms with Crippen molar-refractivity contribution in [2.45, 2.75) is 185 Å². The van der Waals surface area contributed by atoms with Crippen LogP contribution in [0.25, 0.3) is 0 Å². The topological polar surface area (TPSA) is 101 Å². The first-order chi connectivity index (χ1) is 26.7. The second-order valence-corrected chi connectivity index (χ2v) is 18.7. The first-order valence-electron chi connectivity index (χ1n) is 22.3. The molecule has 4 rings (SSSR count). The van der Waals surface area contributed by atoms with Crippen LogP contribution in [0.2, 0.25) is 0 Å². The molecule has 0 spiro atoms. The Morgan fingerprint density at radius 1 is 0.873 bits per heavy atom. The molecular weight excluding hydrogens is 707 g/mol. The lowest BCUT2D eigenvalue weighted by Gasteiger charge is -2.58. The van der Waals surface area contributed by atoms with Crippen molar-refractivity contribution in [2.75, 3.05) is 25.6 Å². The van der Waals surface area contributed by atoms with Crippen LogP contribution in [0.3, 0.4) is 0 Å². The Balaban J connectivity index is 1.56. The third-order valence-electron chi connectivity index (χ3n) is 11.9. The van der Waals surface area contributed by atoms with E-state index in [0.717, 1.165) is 73.3 Å². The minimum Gasteiger partial charge on any atom is -0.508 e. The smallest absolute Gasteiger partial charge is 0.230 e. The summed E-state index contributed by atoms with van der Waals surface area (Å²) in [6.07, 6.45) is 29.0. The normalized spacial score (nSPS) is 25.2. The van der Waals surface area contributed by atoms with Crippen LogP contribution in [-0.2, 0) is 9.57 Å². The van der Waals surface area contributed by atoms with E-state index in [9.17, 15) is 15.3 Å². The molecule has 0 saturated heterocycles. The van der Waals surface area contributed by atoms with E-state index in [-0.39, 0.29) is 47.9 Å². The minimum absolute atomic E-state index is 0.00257.